The fourth-order valence-electron chi connectivity index (χ4n) is 1.72. The van der Waals surface area contributed by atoms with Crippen LogP contribution in [0.5, 0.6) is 0 Å². The first-order chi connectivity index (χ1) is 9.70. The van der Waals surface area contributed by atoms with Crippen LogP contribution in [0, 0.1) is 6.92 Å². The number of aromatic nitrogens is 4. The molecule has 3 aromatic rings. The minimum atomic E-state index is -0.266. The van der Waals surface area contributed by atoms with Crippen LogP contribution >= 0.6 is 0 Å². The van der Waals surface area contributed by atoms with Crippen LogP contribution < -0.4 is 10.9 Å². The number of nitrogens with one attached hydrogen (secondary N) is 2. The first-order valence-corrected chi connectivity index (χ1v) is 5.95. The van der Waals surface area contributed by atoms with Crippen LogP contribution in [0.25, 0.3) is 11.3 Å². The van der Waals surface area contributed by atoms with Crippen molar-refractivity contribution in [2.45, 2.75) is 6.92 Å². The van der Waals surface area contributed by atoms with Crippen LogP contribution in [-0.4, -0.2) is 20.1 Å². The third kappa shape index (κ3) is 2.56. The van der Waals surface area contributed by atoms with Gasteiger partial charge in [-0.3, -0.25) is 15.1 Å². The van der Waals surface area contributed by atoms with Gasteiger partial charge in [-0.15, -0.1) is 0 Å². The predicted molar refractivity (Wildman–Crippen MR) is 72.6 cm³/mol. The highest BCUT2D eigenvalue weighted by atomic mass is 16.5. The molecular weight excluding hydrogens is 258 g/mol. The maximum absolute atomic E-state index is 11.7. The number of nitrogens with zero attached hydrogens (tertiary/aromatic N) is 3. The average molecular weight is 269 g/mol. The van der Waals surface area contributed by atoms with Crippen LogP contribution in [0.4, 0.5) is 12.0 Å². The molecule has 2 aromatic heterocycles. The van der Waals surface area contributed by atoms with Crippen molar-refractivity contribution in [3.05, 3.63) is 52.6 Å². The summed E-state index contributed by atoms with van der Waals surface area (Å²) in [7, 11) is 0. The third-order valence-electron chi connectivity index (χ3n) is 2.56. The van der Waals surface area contributed by atoms with Gasteiger partial charge in [0.25, 0.3) is 5.56 Å². The highest BCUT2D eigenvalue weighted by molar-refractivity contribution is 5.60. The molecule has 100 valence electrons. The zero-order chi connectivity index (χ0) is 13.9. The Hall–Kier alpha value is -2.96. The van der Waals surface area contributed by atoms with Crippen molar-refractivity contribution in [1.29, 1.82) is 0 Å². The van der Waals surface area contributed by atoms with Crippen molar-refractivity contribution < 1.29 is 4.52 Å². The van der Waals surface area contributed by atoms with Gasteiger partial charge in [0.2, 0.25) is 5.95 Å². The summed E-state index contributed by atoms with van der Waals surface area (Å²) in [6.45, 7) is 1.70. The molecule has 0 saturated carbocycles. The molecule has 0 atom stereocenters. The highest BCUT2D eigenvalue weighted by Crippen LogP contribution is 2.16. The lowest BCUT2D eigenvalue weighted by atomic mass is 10.1. The van der Waals surface area contributed by atoms with E-state index >= 15 is 0 Å². The molecule has 7 heteroatoms. The summed E-state index contributed by atoms with van der Waals surface area (Å²) in [6, 6.07) is 11.0. The second-order valence-corrected chi connectivity index (χ2v) is 4.12. The quantitative estimate of drug-likeness (QED) is 0.753. The summed E-state index contributed by atoms with van der Waals surface area (Å²) >= 11 is 0. The normalized spacial score (nSPS) is 10.4. The number of hydrogen-bond donors (Lipinski definition) is 2. The number of hydrogen-bond acceptors (Lipinski definition) is 6. The first kappa shape index (κ1) is 12.1. The zero-order valence-corrected chi connectivity index (χ0v) is 10.6. The molecule has 0 fully saturated rings. The monoisotopic (exact) mass is 269 g/mol. The van der Waals surface area contributed by atoms with E-state index in [9.17, 15) is 4.79 Å². The maximum atomic E-state index is 11.7. The Labute approximate surface area is 113 Å². The van der Waals surface area contributed by atoms with Crippen molar-refractivity contribution >= 4 is 12.0 Å². The van der Waals surface area contributed by atoms with Crippen molar-refractivity contribution in [3.63, 3.8) is 0 Å². The third-order valence-corrected chi connectivity index (χ3v) is 2.56. The van der Waals surface area contributed by atoms with Crippen molar-refractivity contribution in [2.24, 2.45) is 0 Å². The standard InChI is InChI=1S/C13H11N5O2/c1-8-14-13(20-18-8)17-12-15-10(7-11(19)16-12)9-5-3-2-4-6-9/h2-7H,1H3,(H2,14,15,16,17,18,19). The Morgan fingerprint density at radius 2 is 2.00 bits per heavy atom. The van der Waals surface area contributed by atoms with Crippen molar-refractivity contribution in [1.82, 2.24) is 20.1 Å². The Balaban J connectivity index is 1.97. The van der Waals surface area contributed by atoms with E-state index in [0.29, 0.717) is 11.5 Å². The molecule has 0 aliphatic rings. The smallest absolute Gasteiger partial charge is 0.315 e. The molecular formula is C13H11N5O2. The molecule has 0 aliphatic heterocycles. The SMILES string of the molecule is Cc1noc(Nc2nc(-c3ccccc3)cc(=O)[nH]2)n1. The summed E-state index contributed by atoms with van der Waals surface area (Å²) < 4.78 is 4.92. The predicted octanol–water partition coefficient (Wildman–Crippen LogP) is 1.87. The van der Waals surface area contributed by atoms with Gasteiger partial charge in [-0.1, -0.05) is 35.5 Å². The van der Waals surface area contributed by atoms with Crippen LogP contribution in [0.15, 0.2) is 45.7 Å². The summed E-state index contributed by atoms with van der Waals surface area (Å²) in [4.78, 5) is 22.5. The molecule has 3 rings (SSSR count). The van der Waals surface area contributed by atoms with Gasteiger partial charge in [-0.2, -0.15) is 4.98 Å². The van der Waals surface area contributed by atoms with Crippen LogP contribution in [0.1, 0.15) is 5.82 Å². The topological polar surface area (TPSA) is 96.7 Å². The Morgan fingerprint density at radius 3 is 2.70 bits per heavy atom. The van der Waals surface area contributed by atoms with Gasteiger partial charge in [0.15, 0.2) is 5.82 Å². The number of aryl methyl sites for hydroxylation is 1. The van der Waals surface area contributed by atoms with Crippen LogP contribution in [-0.2, 0) is 0 Å². The largest absolute Gasteiger partial charge is 0.328 e. The summed E-state index contributed by atoms with van der Waals surface area (Å²) in [5.41, 5.74) is 1.15. The molecule has 0 saturated heterocycles. The molecule has 7 nitrogen and oxygen atoms in total. The van der Waals surface area contributed by atoms with Gasteiger partial charge < -0.3 is 4.52 Å². The number of benzene rings is 1. The molecule has 0 bridgehead atoms. The Kier molecular flexibility index (Phi) is 3.00. The summed E-state index contributed by atoms with van der Waals surface area (Å²) in [6.07, 6.45) is 0. The van der Waals surface area contributed by atoms with Crippen LogP contribution in [0.3, 0.4) is 0 Å². The zero-order valence-electron chi connectivity index (χ0n) is 10.6. The minimum absolute atomic E-state index is 0.177. The van der Waals surface area contributed by atoms with E-state index < -0.39 is 0 Å². The lowest BCUT2D eigenvalue weighted by Gasteiger charge is -2.03. The fourth-order valence-corrected chi connectivity index (χ4v) is 1.72. The van der Waals surface area contributed by atoms with Gasteiger partial charge in [-0.05, 0) is 6.92 Å². The van der Waals surface area contributed by atoms with E-state index in [4.69, 9.17) is 4.52 Å². The molecule has 2 heterocycles. The lowest BCUT2D eigenvalue weighted by Crippen LogP contribution is -2.10. The van der Waals surface area contributed by atoms with Crippen molar-refractivity contribution in [2.75, 3.05) is 5.32 Å². The fraction of sp³-hybridized carbons (Fsp3) is 0.0769. The second kappa shape index (κ2) is 4.96. The lowest BCUT2D eigenvalue weighted by molar-refractivity contribution is 0.428. The molecule has 0 amide bonds. The van der Waals surface area contributed by atoms with E-state index in [1.54, 1.807) is 6.92 Å². The van der Waals surface area contributed by atoms with E-state index in [1.165, 1.54) is 6.07 Å². The molecule has 20 heavy (non-hydrogen) atoms. The molecule has 0 spiro atoms. The second-order valence-electron chi connectivity index (χ2n) is 4.12. The summed E-state index contributed by atoms with van der Waals surface area (Å²) in [5, 5.41) is 6.42. The Bertz CT molecular complexity index is 779. The highest BCUT2D eigenvalue weighted by Gasteiger charge is 2.07. The molecule has 0 unspecified atom stereocenters. The van der Waals surface area contributed by atoms with E-state index in [1.807, 2.05) is 30.3 Å². The minimum Gasteiger partial charge on any atom is -0.315 e. The van der Waals surface area contributed by atoms with Gasteiger partial charge in [-0.25, -0.2) is 4.98 Å². The van der Waals surface area contributed by atoms with E-state index in [2.05, 4.69) is 25.4 Å². The molecule has 0 aliphatic carbocycles. The molecule has 0 radical (unpaired) electrons. The first-order valence-electron chi connectivity index (χ1n) is 5.95. The van der Waals surface area contributed by atoms with Gasteiger partial charge in [0.05, 0.1) is 5.69 Å². The maximum Gasteiger partial charge on any atom is 0.328 e. The van der Waals surface area contributed by atoms with Gasteiger partial charge >= 0.3 is 6.01 Å². The number of rotatable bonds is 3. The average Bonchev–Trinajstić information content (AvgIpc) is 2.84. The van der Waals surface area contributed by atoms with Gasteiger partial charge in [0.1, 0.15) is 0 Å². The molecule has 1 aromatic carbocycles. The Morgan fingerprint density at radius 1 is 1.20 bits per heavy atom. The van der Waals surface area contributed by atoms with Crippen LogP contribution in [0.2, 0.25) is 0 Å². The van der Waals surface area contributed by atoms with Gasteiger partial charge in [0, 0.05) is 11.6 Å². The number of H-pyrrole nitrogens is 1. The van der Waals surface area contributed by atoms with E-state index in [-0.39, 0.29) is 17.5 Å². The summed E-state index contributed by atoms with van der Waals surface area (Å²) in [5.74, 6) is 0.745. The number of aromatic amines is 1. The number of anilines is 2. The van der Waals surface area contributed by atoms with Crippen molar-refractivity contribution in [3.8, 4) is 11.3 Å². The van der Waals surface area contributed by atoms with E-state index in [0.717, 1.165) is 5.56 Å². The molecule has 2 N–H and O–H groups in total.